The van der Waals surface area contributed by atoms with Gasteiger partial charge in [-0.25, -0.2) is 0 Å². The molecule has 42 valence electrons. The standard InChI is InChI=1S/C4H9NOS/c1-3(6-2)4(5)7/h3H,1-2H3,(H2,5,7). The number of ether oxygens (including phenoxy) is 1. The van der Waals surface area contributed by atoms with Crippen LogP contribution in [0.3, 0.4) is 0 Å². The highest BCUT2D eigenvalue weighted by atomic mass is 32.1. The summed E-state index contributed by atoms with van der Waals surface area (Å²) < 4.78 is 4.75. The lowest BCUT2D eigenvalue weighted by Crippen LogP contribution is -2.24. The van der Waals surface area contributed by atoms with Gasteiger partial charge < -0.3 is 10.5 Å². The summed E-state index contributed by atoms with van der Waals surface area (Å²) in [5.74, 6) is 0. The van der Waals surface area contributed by atoms with Crippen molar-refractivity contribution in [2.24, 2.45) is 5.73 Å². The van der Waals surface area contributed by atoms with Gasteiger partial charge in [0, 0.05) is 7.11 Å². The van der Waals surface area contributed by atoms with Gasteiger partial charge in [0.15, 0.2) is 0 Å². The van der Waals surface area contributed by atoms with Gasteiger partial charge in [0.25, 0.3) is 0 Å². The third kappa shape index (κ3) is 2.53. The number of methoxy groups -OCH3 is 1. The molecular weight excluding hydrogens is 110 g/mol. The van der Waals surface area contributed by atoms with E-state index >= 15 is 0 Å². The molecule has 2 nitrogen and oxygen atoms in total. The van der Waals surface area contributed by atoms with E-state index in [1.54, 1.807) is 7.11 Å². The molecule has 0 amide bonds. The molecule has 0 heterocycles. The van der Waals surface area contributed by atoms with E-state index in [2.05, 4.69) is 12.2 Å². The average Bonchev–Trinajstić information content (AvgIpc) is 1.65. The summed E-state index contributed by atoms with van der Waals surface area (Å²) >= 11 is 4.57. The molecule has 0 aliphatic rings. The lowest BCUT2D eigenvalue weighted by molar-refractivity contribution is 0.171. The topological polar surface area (TPSA) is 35.2 Å². The second-order valence-electron chi connectivity index (χ2n) is 1.28. The van der Waals surface area contributed by atoms with Crippen molar-refractivity contribution in [2.75, 3.05) is 7.11 Å². The molecule has 0 radical (unpaired) electrons. The summed E-state index contributed by atoms with van der Waals surface area (Å²) in [7, 11) is 1.57. The highest BCUT2D eigenvalue weighted by molar-refractivity contribution is 7.80. The molecule has 0 spiro atoms. The minimum Gasteiger partial charge on any atom is -0.391 e. The fourth-order valence-corrected chi connectivity index (χ4v) is 0.212. The van der Waals surface area contributed by atoms with Gasteiger partial charge >= 0.3 is 0 Å². The van der Waals surface area contributed by atoms with E-state index in [0.717, 1.165) is 0 Å². The molecular formula is C4H9NOS. The predicted molar refractivity (Wildman–Crippen MR) is 33.3 cm³/mol. The third-order valence-electron chi connectivity index (χ3n) is 0.754. The molecule has 0 fully saturated rings. The molecule has 0 saturated carbocycles. The SMILES string of the molecule is COC(C)C(N)=S. The van der Waals surface area contributed by atoms with Crippen LogP contribution in [-0.2, 0) is 4.74 Å². The van der Waals surface area contributed by atoms with Gasteiger partial charge in [0.1, 0.15) is 11.1 Å². The van der Waals surface area contributed by atoms with E-state index < -0.39 is 0 Å². The van der Waals surface area contributed by atoms with Crippen molar-refractivity contribution in [1.82, 2.24) is 0 Å². The van der Waals surface area contributed by atoms with Gasteiger partial charge in [-0.15, -0.1) is 0 Å². The zero-order valence-electron chi connectivity index (χ0n) is 4.47. The van der Waals surface area contributed by atoms with E-state index in [1.165, 1.54) is 0 Å². The van der Waals surface area contributed by atoms with Gasteiger partial charge in [-0.1, -0.05) is 12.2 Å². The smallest absolute Gasteiger partial charge is 0.104 e. The number of rotatable bonds is 2. The van der Waals surface area contributed by atoms with Crippen LogP contribution in [0.2, 0.25) is 0 Å². The molecule has 0 saturated heterocycles. The van der Waals surface area contributed by atoms with Gasteiger partial charge in [0.05, 0.1) is 0 Å². The highest BCUT2D eigenvalue weighted by Crippen LogP contribution is 1.84. The first-order valence-corrected chi connectivity index (χ1v) is 2.41. The Hall–Kier alpha value is -0.150. The van der Waals surface area contributed by atoms with Crippen LogP contribution in [0.4, 0.5) is 0 Å². The Labute approximate surface area is 48.6 Å². The van der Waals surface area contributed by atoms with E-state index in [4.69, 9.17) is 10.5 Å². The first kappa shape index (κ1) is 6.85. The van der Waals surface area contributed by atoms with Gasteiger partial charge in [-0.3, -0.25) is 0 Å². The van der Waals surface area contributed by atoms with Crippen molar-refractivity contribution in [3.05, 3.63) is 0 Å². The molecule has 2 N–H and O–H groups in total. The van der Waals surface area contributed by atoms with Gasteiger partial charge in [-0.2, -0.15) is 0 Å². The molecule has 0 aliphatic carbocycles. The van der Waals surface area contributed by atoms with E-state index in [-0.39, 0.29) is 6.10 Å². The average molecular weight is 119 g/mol. The van der Waals surface area contributed by atoms with Gasteiger partial charge in [-0.05, 0) is 6.92 Å². The first-order valence-electron chi connectivity index (χ1n) is 2.00. The van der Waals surface area contributed by atoms with Crippen molar-refractivity contribution in [2.45, 2.75) is 13.0 Å². The molecule has 0 aromatic rings. The maximum atomic E-state index is 5.15. The van der Waals surface area contributed by atoms with Crippen LogP contribution in [0.25, 0.3) is 0 Å². The van der Waals surface area contributed by atoms with Crippen LogP contribution in [0, 0.1) is 0 Å². The fourth-order valence-electron chi connectivity index (χ4n) is 0.116. The molecule has 0 bridgehead atoms. The minimum atomic E-state index is -0.0880. The lowest BCUT2D eigenvalue weighted by Gasteiger charge is -2.03. The van der Waals surface area contributed by atoms with Crippen molar-refractivity contribution >= 4 is 17.2 Å². The van der Waals surface area contributed by atoms with Crippen LogP contribution < -0.4 is 5.73 Å². The first-order chi connectivity index (χ1) is 3.18. The summed E-state index contributed by atoms with van der Waals surface area (Å²) in [6.07, 6.45) is -0.0880. The largest absolute Gasteiger partial charge is 0.391 e. The maximum Gasteiger partial charge on any atom is 0.104 e. The Balaban J connectivity index is 3.34. The monoisotopic (exact) mass is 119 g/mol. The molecule has 0 aromatic heterocycles. The molecule has 0 aliphatic heterocycles. The second kappa shape index (κ2) is 2.93. The zero-order valence-corrected chi connectivity index (χ0v) is 5.29. The van der Waals surface area contributed by atoms with Crippen molar-refractivity contribution in [3.8, 4) is 0 Å². The van der Waals surface area contributed by atoms with E-state index in [9.17, 15) is 0 Å². The lowest BCUT2D eigenvalue weighted by atomic mass is 10.4. The highest BCUT2D eigenvalue weighted by Gasteiger charge is 1.98. The summed E-state index contributed by atoms with van der Waals surface area (Å²) in [4.78, 5) is 0.405. The Bertz CT molecular complexity index is 74.1. The summed E-state index contributed by atoms with van der Waals surface area (Å²) in [5.41, 5.74) is 5.15. The summed E-state index contributed by atoms with van der Waals surface area (Å²) in [6.45, 7) is 1.81. The van der Waals surface area contributed by atoms with Crippen LogP contribution in [-0.4, -0.2) is 18.2 Å². The normalized spacial score (nSPS) is 13.4. The van der Waals surface area contributed by atoms with Crippen molar-refractivity contribution < 1.29 is 4.74 Å². The van der Waals surface area contributed by atoms with Crippen LogP contribution in [0.15, 0.2) is 0 Å². The number of nitrogens with two attached hydrogens (primary N) is 1. The molecule has 0 rings (SSSR count). The number of hydrogen-bond acceptors (Lipinski definition) is 2. The maximum absolute atomic E-state index is 5.15. The van der Waals surface area contributed by atoms with Crippen LogP contribution >= 0.6 is 12.2 Å². The number of thiocarbonyl (C=S) groups is 1. The zero-order chi connectivity index (χ0) is 5.86. The van der Waals surface area contributed by atoms with E-state index in [0.29, 0.717) is 4.99 Å². The Morgan fingerprint density at radius 2 is 2.29 bits per heavy atom. The van der Waals surface area contributed by atoms with Crippen molar-refractivity contribution in [3.63, 3.8) is 0 Å². The molecule has 3 heteroatoms. The van der Waals surface area contributed by atoms with Crippen LogP contribution in [0.5, 0.6) is 0 Å². The van der Waals surface area contributed by atoms with Crippen LogP contribution in [0.1, 0.15) is 6.92 Å². The second-order valence-corrected chi connectivity index (χ2v) is 1.75. The minimum absolute atomic E-state index is 0.0880. The molecule has 1 unspecified atom stereocenters. The third-order valence-corrected chi connectivity index (χ3v) is 1.09. The Morgan fingerprint density at radius 1 is 1.86 bits per heavy atom. The summed E-state index contributed by atoms with van der Waals surface area (Å²) in [5, 5.41) is 0. The predicted octanol–water partition coefficient (Wildman–Crippen LogP) is 0.307. The van der Waals surface area contributed by atoms with E-state index in [1.807, 2.05) is 6.92 Å². The summed E-state index contributed by atoms with van der Waals surface area (Å²) in [6, 6.07) is 0. The Morgan fingerprint density at radius 3 is 2.29 bits per heavy atom. The molecule has 0 aromatic carbocycles. The quantitative estimate of drug-likeness (QED) is 0.531. The fraction of sp³-hybridized carbons (Fsp3) is 0.750. The molecule has 7 heavy (non-hydrogen) atoms. The molecule has 1 atom stereocenters. The number of hydrogen-bond donors (Lipinski definition) is 1. The Kier molecular flexibility index (Phi) is 2.87. The van der Waals surface area contributed by atoms with Crippen molar-refractivity contribution in [1.29, 1.82) is 0 Å². The van der Waals surface area contributed by atoms with Gasteiger partial charge in [0.2, 0.25) is 0 Å².